The van der Waals surface area contributed by atoms with Crippen molar-refractivity contribution in [1.29, 1.82) is 0 Å². The summed E-state index contributed by atoms with van der Waals surface area (Å²) in [7, 11) is -0.660. The van der Waals surface area contributed by atoms with E-state index in [0.29, 0.717) is 11.6 Å². The lowest BCUT2D eigenvalue weighted by molar-refractivity contribution is 0.00578. The second-order valence-corrected chi connectivity index (χ2v) is 8.90. The van der Waals surface area contributed by atoms with Crippen LogP contribution in [0.25, 0.3) is 0 Å². The van der Waals surface area contributed by atoms with Crippen LogP contribution in [0.1, 0.15) is 61.3 Å². The molecule has 2 fully saturated rings. The maximum Gasteiger partial charge on any atom is 0.534 e. The molecule has 1 amide bonds. The fourth-order valence-electron chi connectivity index (χ4n) is 2.63. The Morgan fingerprint density at radius 1 is 1.20 bits per heavy atom. The molecule has 0 spiro atoms. The molecule has 1 saturated carbocycles. The van der Waals surface area contributed by atoms with Crippen LogP contribution in [0.5, 0.6) is 0 Å². The Morgan fingerprint density at radius 2 is 1.76 bits per heavy atom. The van der Waals surface area contributed by atoms with Gasteiger partial charge in [0.15, 0.2) is 5.66 Å². The number of ether oxygens (including phenoxy) is 2. The molecule has 7 heteroatoms. The first kappa shape index (κ1) is 18.3. The van der Waals surface area contributed by atoms with Gasteiger partial charge in [0.25, 0.3) is 0 Å². The zero-order valence-electron chi connectivity index (χ0n) is 16.2. The number of hydrogen-bond donors (Lipinski definition) is 0. The van der Waals surface area contributed by atoms with Crippen molar-refractivity contribution >= 4 is 13.2 Å². The number of amides is 1. The van der Waals surface area contributed by atoms with E-state index in [1.807, 2.05) is 48.5 Å². The van der Waals surface area contributed by atoms with Gasteiger partial charge in [-0.05, 0) is 61.3 Å². The lowest BCUT2D eigenvalue weighted by atomic mass is 9.86. The van der Waals surface area contributed by atoms with Crippen LogP contribution in [0.2, 0.25) is 0 Å². The van der Waals surface area contributed by atoms with Crippen molar-refractivity contribution in [3.8, 4) is 0 Å². The maximum atomic E-state index is 12.7. The highest BCUT2D eigenvalue weighted by atomic mass is 16.7. The predicted molar refractivity (Wildman–Crippen MR) is 94.1 cm³/mol. The molecule has 0 aromatic heterocycles. The van der Waals surface area contributed by atoms with Gasteiger partial charge in [0.1, 0.15) is 11.9 Å². The summed E-state index contributed by atoms with van der Waals surface area (Å²) in [6, 6.07) is 0. The van der Waals surface area contributed by atoms with E-state index in [2.05, 4.69) is 0 Å². The smallest absolute Gasteiger partial charge is 0.470 e. The Kier molecular flexibility index (Phi) is 4.24. The molecule has 2 heterocycles. The van der Waals surface area contributed by atoms with Gasteiger partial charge < -0.3 is 18.8 Å². The Balaban J connectivity index is 1.82. The number of rotatable bonds is 2. The van der Waals surface area contributed by atoms with E-state index in [1.165, 1.54) is 4.90 Å². The van der Waals surface area contributed by atoms with Crippen LogP contribution in [0.4, 0.5) is 4.79 Å². The number of hydrogen-bond acceptors (Lipinski definition) is 5. The van der Waals surface area contributed by atoms with Gasteiger partial charge in [-0.1, -0.05) is 0 Å². The molecule has 0 aromatic carbocycles. The third-order valence-corrected chi connectivity index (χ3v) is 4.92. The van der Waals surface area contributed by atoms with Crippen LogP contribution in [0.15, 0.2) is 23.8 Å². The molecule has 138 valence electrons. The highest BCUT2D eigenvalue weighted by molar-refractivity contribution is 6.53. The summed E-state index contributed by atoms with van der Waals surface area (Å²) in [5.74, 6) is 0.337. The molecule has 3 aliphatic rings. The van der Waals surface area contributed by atoms with Gasteiger partial charge in [-0.25, -0.2) is 4.79 Å². The van der Waals surface area contributed by atoms with E-state index in [1.54, 1.807) is 12.5 Å². The zero-order valence-corrected chi connectivity index (χ0v) is 16.2. The van der Waals surface area contributed by atoms with Crippen LogP contribution in [0.3, 0.4) is 0 Å². The Hall–Kier alpha value is -1.47. The lowest BCUT2D eigenvalue weighted by Crippen LogP contribution is -2.41. The van der Waals surface area contributed by atoms with Crippen LogP contribution in [0, 0.1) is 5.92 Å². The van der Waals surface area contributed by atoms with Gasteiger partial charge in [-0.15, -0.1) is 0 Å². The first-order valence-corrected chi connectivity index (χ1v) is 8.86. The van der Waals surface area contributed by atoms with E-state index < -0.39 is 30.0 Å². The standard InChI is InChI=1S/C18H28BNO5/c1-16(2,3)23-15(21)20-10-14(22-11-13(20)12-8-9-12)19-24-17(4,5)18(6,7)25-19/h10-12H,8-9H2,1-7H3. The minimum absolute atomic E-state index is 0.337. The van der Waals surface area contributed by atoms with Gasteiger partial charge >= 0.3 is 13.2 Å². The number of carbonyl (C=O) groups excluding carboxylic acids is 1. The van der Waals surface area contributed by atoms with E-state index in [0.717, 1.165) is 18.5 Å². The molecular formula is C18H28BNO5. The molecular weight excluding hydrogens is 321 g/mol. The van der Waals surface area contributed by atoms with Gasteiger partial charge in [0.05, 0.1) is 23.1 Å². The van der Waals surface area contributed by atoms with Crippen LogP contribution in [-0.4, -0.2) is 34.9 Å². The SMILES string of the molecule is CC(C)(C)OC(=O)N1C=C(B2OC(C)(C)C(C)(C)O2)OC=C1C1CC1. The van der Waals surface area contributed by atoms with E-state index in [-0.39, 0.29) is 0 Å². The Bertz CT molecular complexity index is 612. The fourth-order valence-corrected chi connectivity index (χ4v) is 2.63. The molecule has 25 heavy (non-hydrogen) atoms. The highest BCUT2D eigenvalue weighted by Crippen LogP contribution is 2.43. The van der Waals surface area contributed by atoms with Gasteiger partial charge in [-0.3, -0.25) is 4.90 Å². The van der Waals surface area contributed by atoms with E-state index in [9.17, 15) is 4.79 Å². The molecule has 6 nitrogen and oxygen atoms in total. The molecule has 1 saturated heterocycles. The fraction of sp³-hybridized carbons (Fsp3) is 0.722. The summed E-state index contributed by atoms with van der Waals surface area (Å²) in [6.07, 6.45) is 4.96. The van der Waals surface area contributed by atoms with E-state index in [4.69, 9.17) is 18.8 Å². The number of allylic oxidation sites excluding steroid dienone is 1. The van der Waals surface area contributed by atoms with Crippen molar-refractivity contribution < 1.29 is 23.6 Å². The van der Waals surface area contributed by atoms with Gasteiger partial charge in [0.2, 0.25) is 0 Å². The van der Waals surface area contributed by atoms with Crippen molar-refractivity contribution in [2.24, 2.45) is 5.92 Å². The molecule has 0 bridgehead atoms. The monoisotopic (exact) mass is 349 g/mol. The molecule has 0 atom stereocenters. The van der Waals surface area contributed by atoms with Crippen LogP contribution < -0.4 is 0 Å². The number of carbonyl (C=O) groups is 1. The molecule has 0 radical (unpaired) electrons. The summed E-state index contributed by atoms with van der Waals surface area (Å²) < 4.78 is 23.4. The van der Waals surface area contributed by atoms with Crippen molar-refractivity contribution in [2.75, 3.05) is 0 Å². The first-order valence-electron chi connectivity index (χ1n) is 8.86. The highest BCUT2D eigenvalue weighted by Gasteiger charge is 2.54. The van der Waals surface area contributed by atoms with Crippen molar-refractivity contribution in [3.05, 3.63) is 23.8 Å². The number of nitrogens with zero attached hydrogens (tertiary/aromatic N) is 1. The predicted octanol–water partition coefficient (Wildman–Crippen LogP) is 3.98. The molecule has 2 aliphatic heterocycles. The summed E-state index contributed by atoms with van der Waals surface area (Å²) in [6.45, 7) is 13.5. The van der Waals surface area contributed by atoms with Gasteiger partial charge in [-0.2, -0.15) is 0 Å². The van der Waals surface area contributed by atoms with Gasteiger partial charge in [0, 0.05) is 5.92 Å². The quantitative estimate of drug-likeness (QED) is 0.706. The third kappa shape index (κ3) is 3.72. The lowest BCUT2D eigenvalue weighted by Gasteiger charge is -2.32. The molecule has 1 aliphatic carbocycles. The second kappa shape index (κ2) is 5.78. The molecule has 3 rings (SSSR count). The zero-order chi connectivity index (χ0) is 18.6. The minimum atomic E-state index is -0.660. The largest absolute Gasteiger partial charge is 0.534 e. The average Bonchev–Trinajstić information content (AvgIpc) is 3.24. The van der Waals surface area contributed by atoms with Crippen molar-refractivity contribution in [2.45, 2.75) is 78.1 Å². The summed E-state index contributed by atoms with van der Waals surface area (Å²) >= 11 is 0. The third-order valence-electron chi connectivity index (χ3n) is 4.92. The molecule has 0 aromatic rings. The van der Waals surface area contributed by atoms with Crippen LogP contribution >= 0.6 is 0 Å². The topological polar surface area (TPSA) is 57.2 Å². The van der Waals surface area contributed by atoms with Crippen molar-refractivity contribution in [3.63, 3.8) is 0 Å². The summed E-state index contributed by atoms with van der Waals surface area (Å²) in [5, 5.41) is 0. The van der Waals surface area contributed by atoms with Crippen molar-refractivity contribution in [1.82, 2.24) is 4.90 Å². The minimum Gasteiger partial charge on any atom is -0.470 e. The summed E-state index contributed by atoms with van der Waals surface area (Å²) in [4.78, 5) is 14.2. The second-order valence-electron chi connectivity index (χ2n) is 8.90. The molecule has 0 N–H and O–H groups in total. The Labute approximate surface area is 150 Å². The maximum absolute atomic E-state index is 12.7. The van der Waals surface area contributed by atoms with Crippen LogP contribution in [-0.2, 0) is 18.8 Å². The average molecular weight is 349 g/mol. The Morgan fingerprint density at radius 3 is 2.24 bits per heavy atom. The molecule has 0 unspecified atom stereocenters. The summed E-state index contributed by atoms with van der Waals surface area (Å²) in [5.41, 5.74) is -0.232. The normalized spacial score (nSPS) is 25.2. The first-order chi connectivity index (χ1) is 11.4. The van der Waals surface area contributed by atoms with E-state index >= 15 is 0 Å².